The van der Waals surface area contributed by atoms with E-state index in [4.69, 9.17) is 0 Å². The zero-order valence-corrected chi connectivity index (χ0v) is 19.5. The van der Waals surface area contributed by atoms with E-state index in [1.807, 2.05) is 72.8 Å². The van der Waals surface area contributed by atoms with Crippen molar-refractivity contribution in [2.75, 3.05) is 0 Å². The molecule has 3 rings (SSSR count). The number of allylic oxidation sites excluding steroid dienone is 6. The van der Waals surface area contributed by atoms with Gasteiger partial charge in [0.1, 0.15) is 5.76 Å². The molecule has 166 valence electrons. The zero-order chi connectivity index (χ0) is 23.3. The third-order valence-corrected chi connectivity index (χ3v) is 5.18. The molecule has 1 nitrogen and oxygen atoms in total. The Balaban J connectivity index is 2.33. The third-order valence-electron chi connectivity index (χ3n) is 5.18. The summed E-state index contributed by atoms with van der Waals surface area (Å²) in [4.78, 5) is 0. The van der Waals surface area contributed by atoms with Crippen molar-refractivity contribution in [1.82, 2.24) is 0 Å². The van der Waals surface area contributed by atoms with Crippen LogP contribution in [0.1, 0.15) is 43.4 Å². The molecule has 0 saturated heterocycles. The lowest BCUT2D eigenvalue weighted by atomic mass is 9.90. The van der Waals surface area contributed by atoms with Crippen molar-refractivity contribution in [1.29, 1.82) is 0 Å². The molecule has 0 unspecified atom stereocenters. The molecule has 0 radical (unpaired) electrons. The first-order valence-electron chi connectivity index (χ1n) is 11.6. The highest BCUT2D eigenvalue weighted by Gasteiger charge is 2.15. The van der Waals surface area contributed by atoms with Crippen molar-refractivity contribution in [3.63, 3.8) is 0 Å². The summed E-state index contributed by atoms with van der Waals surface area (Å²) >= 11 is 0. The molecule has 0 aliphatic rings. The molecule has 0 aromatic heterocycles. The van der Waals surface area contributed by atoms with Gasteiger partial charge in [-0.15, -0.1) is 0 Å². The summed E-state index contributed by atoms with van der Waals surface area (Å²) < 4.78 is 0. The molecule has 3 aromatic rings. The normalized spacial score (nSPS) is 13.5. The molecule has 0 aliphatic carbocycles. The lowest BCUT2D eigenvalue weighted by Gasteiger charge is -2.16. The number of hydrogen-bond donors (Lipinski definition) is 1. The average molecular weight is 433 g/mol. The Morgan fingerprint density at radius 1 is 0.636 bits per heavy atom. The highest BCUT2D eigenvalue weighted by Crippen LogP contribution is 2.33. The summed E-state index contributed by atoms with van der Waals surface area (Å²) in [6, 6.07) is 30.5. The van der Waals surface area contributed by atoms with Crippen LogP contribution in [0.15, 0.2) is 132 Å². The first kappa shape index (κ1) is 23.8. The Morgan fingerprint density at radius 2 is 1.12 bits per heavy atom. The molecule has 0 aliphatic heterocycles. The third kappa shape index (κ3) is 7.08. The fourth-order valence-corrected chi connectivity index (χ4v) is 3.58. The van der Waals surface area contributed by atoms with Gasteiger partial charge in [0.05, 0.1) is 0 Å². The van der Waals surface area contributed by atoms with Crippen LogP contribution in [-0.2, 0) is 0 Å². The molecule has 0 spiro atoms. The van der Waals surface area contributed by atoms with Crippen molar-refractivity contribution >= 4 is 17.7 Å². The fourth-order valence-electron chi connectivity index (χ4n) is 3.58. The van der Waals surface area contributed by atoms with E-state index in [-0.39, 0.29) is 5.76 Å². The minimum atomic E-state index is 0.240. The Labute approximate surface area is 198 Å². The van der Waals surface area contributed by atoms with Crippen molar-refractivity contribution in [3.05, 3.63) is 149 Å². The van der Waals surface area contributed by atoms with Gasteiger partial charge in [0.25, 0.3) is 0 Å². The second-order valence-electron chi connectivity index (χ2n) is 7.73. The summed E-state index contributed by atoms with van der Waals surface area (Å²) in [5.41, 5.74) is 5.87. The summed E-state index contributed by atoms with van der Waals surface area (Å²) in [6.45, 7) is 4.24. The predicted octanol–water partition coefficient (Wildman–Crippen LogP) is 9.06. The van der Waals surface area contributed by atoms with Crippen molar-refractivity contribution in [2.24, 2.45) is 0 Å². The van der Waals surface area contributed by atoms with E-state index in [2.05, 4.69) is 68.5 Å². The van der Waals surface area contributed by atoms with Crippen LogP contribution < -0.4 is 0 Å². The molecule has 0 bridgehead atoms. The van der Waals surface area contributed by atoms with Crippen molar-refractivity contribution in [2.45, 2.75) is 26.7 Å². The van der Waals surface area contributed by atoms with Gasteiger partial charge in [-0.1, -0.05) is 129 Å². The fraction of sp³-hybridized carbons (Fsp3) is 0.125. The van der Waals surface area contributed by atoms with Crippen LogP contribution in [0.25, 0.3) is 17.7 Å². The molecule has 1 heteroatoms. The van der Waals surface area contributed by atoms with Crippen LogP contribution in [0.2, 0.25) is 0 Å². The number of aliphatic hydroxyl groups excluding tert-OH is 1. The maximum atomic E-state index is 11.5. The minimum Gasteiger partial charge on any atom is -0.507 e. The van der Waals surface area contributed by atoms with Crippen LogP contribution in [0.4, 0.5) is 0 Å². The molecular weight excluding hydrogens is 400 g/mol. The average Bonchev–Trinajstić information content (AvgIpc) is 2.86. The second kappa shape index (κ2) is 12.9. The van der Waals surface area contributed by atoms with Gasteiger partial charge in [0.15, 0.2) is 0 Å². The molecule has 0 saturated carbocycles. The summed E-state index contributed by atoms with van der Waals surface area (Å²) in [7, 11) is 0. The lowest BCUT2D eigenvalue weighted by Crippen LogP contribution is -1.98. The molecule has 0 amide bonds. The van der Waals surface area contributed by atoms with Gasteiger partial charge in [-0.2, -0.15) is 0 Å². The monoisotopic (exact) mass is 432 g/mol. The van der Waals surface area contributed by atoms with Gasteiger partial charge in [-0.25, -0.2) is 0 Å². The van der Waals surface area contributed by atoms with Gasteiger partial charge in [-0.3, -0.25) is 0 Å². The quantitative estimate of drug-likeness (QED) is 0.264. The maximum absolute atomic E-state index is 11.5. The number of rotatable bonds is 9. The Morgan fingerprint density at radius 3 is 1.67 bits per heavy atom. The highest BCUT2D eigenvalue weighted by molar-refractivity contribution is 5.87. The van der Waals surface area contributed by atoms with Crippen LogP contribution in [0.5, 0.6) is 0 Å². The summed E-state index contributed by atoms with van der Waals surface area (Å²) in [6.07, 6.45) is 14.3. The van der Waals surface area contributed by atoms with Gasteiger partial charge >= 0.3 is 0 Å². The first-order chi connectivity index (χ1) is 16.2. The SMILES string of the molecule is CCC=CC(=Cc1ccccc1)C(C(O)=Cc1ccccc1)=C(C=CCC)c1ccccc1. The Bertz CT molecular complexity index is 1140. The van der Waals surface area contributed by atoms with Crippen molar-refractivity contribution < 1.29 is 5.11 Å². The largest absolute Gasteiger partial charge is 0.507 e. The van der Waals surface area contributed by atoms with E-state index in [1.54, 1.807) is 0 Å². The van der Waals surface area contributed by atoms with E-state index in [0.29, 0.717) is 0 Å². The maximum Gasteiger partial charge on any atom is 0.124 e. The minimum absolute atomic E-state index is 0.240. The van der Waals surface area contributed by atoms with E-state index >= 15 is 0 Å². The molecule has 1 N–H and O–H groups in total. The van der Waals surface area contributed by atoms with Gasteiger partial charge in [-0.05, 0) is 52.8 Å². The van der Waals surface area contributed by atoms with E-state index in [1.165, 1.54) is 0 Å². The van der Waals surface area contributed by atoms with E-state index in [9.17, 15) is 5.11 Å². The van der Waals surface area contributed by atoms with E-state index in [0.717, 1.165) is 46.3 Å². The molecule has 0 heterocycles. The zero-order valence-electron chi connectivity index (χ0n) is 19.5. The first-order valence-corrected chi connectivity index (χ1v) is 11.6. The van der Waals surface area contributed by atoms with Crippen LogP contribution in [0.3, 0.4) is 0 Å². The summed E-state index contributed by atoms with van der Waals surface area (Å²) in [5.74, 6) is 0.240. The molecule has 33 heavy (non-hydrogen) atoms. The summed E-state index contributed by atoms with van der Waals surface area (Å²) in [5, 5.41) is 11.5. The highest BCUT2D eigenvalue weighted by atomic mass is 16.3. The van der Waals surface area contributed by atoms with Crippen LogP contribution in [0, 0.1) is 0 Å². The number of hydrogen-bond acceptors (Lipinski definition) is 1. The second-order valence-corrected chi connectivity index (χ2v) is 7.73. The molecule has 3 aromatic carbocycles. The standard InChI is InChI=1S/C32H32O/c1-3-5-20-29(24-26-16-10-7-11-17-26)32(31(33)25-27-18-12-8-13-19-27)30(23-6-4-2)28-21-14-9-15-22-28/h5-25,33H,3-4H2,1-2H3. The van der Waals surface area contributed by atoms with Crippen LogP contribution >= 0.6 is 0 Å². The van der Waals surface area contributed by atoms with Gasteiger partial charge < -0.3 is 5.11 Å². The lowest BCUT2D eigenvalue weighted by molar-refractivity contribution is 0.431. The smallest absolute Gasteiger partial charge is 0.124 e. The molecule has 0 fully saturated rings. The Hall–Kier alpha value is -3.84. The van der Waals surface area contributed by atoms with Crippen molar-refractivity contribution in [3.8, 4) is 0 Å². The molecular formula is C32H32O. The number of aliphatic hydroxyl groups is 1. The predicted molar refractivity (Wildman–Crippen MR) is 144 cm³/mol. The van der Waals surface area contributed by atoms with E-state index < -0.39 is 0 Å². The number of benzene rings is 3. The topological polar surface area (TPSA) is 20.2 Å². The van der Waals surface area contributed by atoms with Crippen LogP contribution in [-0.4, -0.2) is 5.11 Å². The Kier molecular flexibility index (Phi) is 9.29. The van der Waals surface area contributed by atoms with Gasteiger partial charge in [0.2, 0.25) is 0 Å². The van der Waals surface area contributed by atoms with Gasteiger partial charge in [0, 0.05) is 5.57 Å². The molecule has 0 atom stereocenters.